The van der Waals surface area contributed by atoms with Crippen molar-refractivity contribution in [1.82, 2.24) is 0 Å². The van der Waals surface area contributed by atoms with E-state index < -0.39 is 23.6 Å². The van der Waals surface area contributed by atoms with E-state index in [9.17, 15) is 24.9 Å². The summed E-state index contributed by atoms with van der Waals surface area (Å²) < 4.78 is 23.0. The van der Waals surface area contributed by atoms with E-state index in [2.05, 4.69) is 0 Å². The van der Waals surface area contributed by atoms with E-state index in [1.165, 1.54) is 18.2 Å². The van der Waals surface area contributed by atoms with Crippen molar-refractivity contribution >= 4 is 23.0 Å². The van der Waals surface area contributed by atoms with E-state index in [4.69, 9.17) is 18.9 Å². The Labute approximate surface area is 246 Å². The van der Waals surface area contributed by atoms with E-state index in [1.54, 1.807) is 32.4 Å². The highest BCUT2D eigenvalue weighted by Gasteiger charge is 2.48. The Kier molecular flexibility index (Phi) is 12.9. The Bertz CT molecular complexity index is 1230. The maximum absolute atomic E-state index is 13.5. The van der Waals surface area contributed by atoms with Crippen molar-refractivity contribution in [2.24, 2.45) is 0 Å². The number of aliphatic hydroxyl groups is 2. The Morgan fingerprint density at radius 1 is 0.905 bits per heavy atom. The van der Waals surface area contributed by atoms with E-state index in [0.717, 1.165) is 0 Å². The lowest BCUT2D eigenvalue weighted by Gasteiger charge is -2.24. The van der Waals surface area contributed by atoms with Gasteiger partial charge in [0.1, 0.15) is 30.8 Å². The number of rotatable bonds is 16. The molecule has 2 aliphatic carbocycles. The summed E-state index contributed by atoms with van der Waals surface area (Å²) in [5, 5.41) is 32.6. The highest BCUT2D eigenvalue weighted by molar-refractivity contribution is 6.31. The first-order chi connectivity index (χ1) is 20.3. The number of ketones is 2. The molecule has 11 nitrogen and oxygen atoms in total. The van der Waals surface area contributed by atoms with Crippen molar-refractivity contribution in [3.8, 4) is 5.75 Å². The number of phenolic OH excluding ortho intramolecular Hbond substituents is 1. The van der Waals surface area contributed by atoms with Crippen molar-refractivity contribution < 1.29 is 48.4 Å². The average molecular weight is 588 g/mol. The zero-order valence-corrected chi connectivity index (χ0v) is 24.9. The zero-order valence-electron chi connectivity index (χ0n) is 24.9. The highest BCUT2D eigenvalue weighted by Crippen LogP contribution is 2.40. The molecule has 0 aromatic heterocycles. The number of hydrogen-bond donors (Lipinski definition) is 3. The zero-order chi connectivity index (χ0) is 30.6. The number of benzene rings is 1. The number of aliphatic hydroxyl groups excluding tert-OH is 2. The lowest BCUT2D eigenvalue weighted by molar-refractivity contribution is -0.525. The first kappa shape index (κ1) is 33.2. The van der Waals surface area contributed by atoms with Crippen LogP contribution in [0, 0.1) is 0 Å². The van der Waals surface area contributed by atoms with Gasteiger partial charge in [0.2, 0.25) is 5.71 Å². The monoisotopic (exact) mass is 587 g/mol. The molecular weight excluding hydrogens is 544 g/mol. The lowest BCUT2D eigenvalue weighted by atomic mass is 9.92. The Morgan fingerprint density at radius 2 is 1.60 bits per heavy atom. The molecule has 0 heterocycles. The van der Waals surface area contributed by atoms with Crippen LogP contribution in [0.2, 0.25) is 0 Å². The molecule has 11 heteroatoms. The maximum Gasteiger partial charge on any atom is 0.203 e. The molecule has 1 aromatic carbocycles. The smallest absolute Gasteiger partial charge is 0.203 e. The Morgan fingerprint density at radius 3 is 2.19 bits per heavy atom. The minimum atomic E-state index is -1.68. The molecular formula is C31H43N2O9+. The van der Waals surface area contributed by atoms with Crippen LogP contribution in [0.4, 0.5) is 5.69 Å². The number of likely N-dealkylation sites (N-methyl/N-ethyl adjacent to an activating group) is 2. The molecule has 0 radical (unpaired) electrons. The Balaban J connectivity index is 1.80. The summed E-state index contributed by atoms with van der Waals surface area (Å²) in [6.07, 6.45) is 3.03. The van der Waals surface area contributed by atoms with Crippen LogP contribution in [0.1, 0.15) is 25.3 Å². The molecule has 0 saturated heterocycles. The third-order valence-electron chi connectivity index (χ3n) is 7.33. The molecule has 0 bridgehead atoms. The molecule has 42 heavy (non-hydrogen) atoms. The minimum Gasteiger partial charge on any atom is -0.508 e. The summed E-state index contributed by atoms with van der Waals surface area (Å²) in [7, 11) is 3.21. The third-order valence-corrected chi connectivity index (χ3v) is 7.33. The van der Waals surface area contributed by atoms with Crippen molar-refractivity contribution in [3.05, 3.63) is 58.9 Å². The van der Waals surface area contributed by atoms with Crippen molar-refractivity contribution in [2.75, 3.05) is 84.9 Å². The second-order valence-corrected chi connectivity index (χ2v) is 9.84. The molecule has 1 aromatic rings. The number of aromatic hydroxyl groups is 1. The number of Topliss-reactive ketones (excluding diaryl/α,β-unsaturated/α-hetero) is 2. The van der Waals surface area contributed by atoms with Gasteiger partial charge in [0.25, 0.3) is 0 Å². The van der Waals surface area contributed by atoms with E-state index in [-0.39, 0.29) is 28.2 Å². The molecule has 0 spiro atoms. The number of carbonyl (C=O) groups excluding carboxylic acids is 2. The van der Waals surface area contributed by atoms with Crippen LogP contribution in [0.25, 0.3) is 0 Å². The maximum atomic E-state index is 13.5. The molecule has 2 aliphatic rings. The number of phenols is 1. The van der Waals surface area contributed by atoms with Gasteiger partial charge in [-0.2, -0.15) is 0 Å². The van der Waals surface area contributed by atoms with Gasteiger partial charge < -0.3 is 39.2 Å². The lowest BCUT2D eigenvalue weighted by Crippen LogP contribution is -2.27. The molecule has 230 valence electrons. The first-order valence-electron chi connectivity index (χ1n) is 14.2. The van der Waals surface area contributed by atoms with E-state index in [0.29, 0.717) is 77.2 Å². The van der Waals surface area contributed by atoms with Crippen molar-refractivity contribution in [3.63, 3.8) is 0 Å². The van der Waals surface area contributed by atoms with Gasteiger partial charge in [0.15, 0.2) is 18.1 Å². The fourth-order valence-electron chi connectivity index (χ4n) is 4.99. The number of allylic oxidation sites excluding steroid dienone is 3. The third kappa shape index (κ3) is 7.93. The van der Waals surface area contributed by atoms with Gasteiger partial charge in [-0.1, -0.05) is 6.07 Å². The van der Waals surface area contributed by atoms with Crippen LogP contribution in [-0.4, -0.2) is 123 Å². The molecule has 1 fully saturated rings. The van der Waals surface area contributed by atoms with Gasteiger partial charge in [-0.15, -0.1) is 0 Å². The molecule has 0 aliphatic heterocycles. The van der Waals surface area contributed by atoms with Crippen LogP contribution in [0.15, 0.2) is 53.3 Å². The number of methoxy groups -OCH3 is 2. The molecule has 2 atom stereocenters. The molecule has 0 amide bonds. The quantitative estimate of drug-likeness (QED) is 0.114. The van der Waals surface area contributed by atoms with Crippen LogP contribution in [-0.2, 0) is 28.5 Å². The van der Waals surface area contributed by atoms with Gasteiger partial charge in [-0.05, 0) is 26.0 Å². The van der Waals surface area contributed by atoms with Crippen molar-refractivity contribution in [1.29, 1.82) is 0 Å². The standard InChI is InChI=1S/C31H42N2O9/c1-5-32(11-13-41-17-15-39-3)21-7-9-23(25(34)19-21)27-29(36)28(31(38)30(27)37)24-10-8-22(20-26(24)35)33(6-2)12-14-42-18-16-40-4/h7-10,19-20,27,30,34,37H,5-6,11-18H2,1-4H3/p+1. The molecule has 2 unspecified atom stereocenters. The summed E-state index contributed by atoms with van der Waals surface area (Å²) >= 11 is 0. The first-order valence-corrected chi connectivity index (χ1v) is 14.2. The van der Waals surface area contributed by atoms with Crippen LogP contribution >= 0.6 is 0 Å². The van der Waals surface area contributed by atoms with E-state index in [1.807, 2.05) is 23.3 Å². The number of hydrogen-bond acceptors (Lipinski definition) is 10. The summed E-state index contributed by atoms with van der Waals surface area (Å²) in [5.41, 5.74) is 1.32. The average Bonchev–Trinajstić information content (AvgIpc) is 3.20. The normalized spacial score (nSPS) is 21.7. The predicted octanol–water partition coefficient (Wildman–Crippen LogP) is 1.92. The fraction of sp³-hybridized carbons (Fsp3) is 0.516. The van der Waals surface area contributed by atoms with Crippen molar-refractivity contribution in [2.45, 2.75) is 25.9 Å². The second-order valence-electron chi connectivity index (χ2n) is 9.84. The van der Waals surface area contributed by atoms with Gasteiger partial charge in [-0.3, -0.25) is 9.59 Å². The fourth-order valence-corrected chi connectivity index (χ4v) is 4.99. The summed E-state index contributed by atoms with van der Waals surface area (Å²) in [5.74, 6) is -3.19. The Hall–Kier alpha value is -3.35. The summed E-state index contributed by atoms with van der Waals surface area (Å²) in [6.45, 7) is 9.26. The van der Waals surface area contributed by atoms with Crippen LogP contribution in [0.3, 0.4) is 0 Å². The number of anilines is 1. The highest BCUT2D eigenvalue weighted by atomic mass is 16.5. The topological polar surface area (TPSA) is 138 Å². The van der Waals surface area contributed by atoms with Crippen LogP contribution < -0.4 is 4.90 Å². The summed E-state index contributed by atoms with van der Waals surface area (Å²) in [6, 6.07) is 4.81. The predicted molar refractivity (Wildman–Crippen MR) is 158 cm³/mol. The van der Waals surface area contributed by atoms with Gasteiger partial charge >= 0.3 is 0 Å². The van der Waals surface area contributed by atoms with Gasteiger partial charge in [0.05, 0.1) is 50.6 Å². The number of ether oxygens (including phenoxy) is 4. The molecule has 1 saturated carbocycles. The molecule has 3 N–H and O–H groups in total. The number of nitrogens with zero attached hydrogens (tertiary/aromatic N) is 2. The summed E-state index contributed by atoms with van der Waals surface area (Å²) in [4.78, 5) is 28.6. The molecule has 3 rings (SSSR count). The largest absolute Gasteiger partial charge is 0.508 e. The van der Waals surface area contributed by atoms with Crippen LogP contribution in [0.5, 0.6) is 5.75 Å². The second kappa shape index (κ2) is 16.3. The van der Waals surface area contributed by atoms with Gasteiger partial charge in [-0.25, -0.2) is 4.58 Å². The van der Waals surface area contributed by atoms with E-state index >= 15 is 0 Å². The number of carbonyl (C=O) groups is 2. The van der Waals surface area contributed by atoms with Gasteiger partial charge in [0, 0.05) is 56.3 Å². The minimum absolute atomic E-state index is 0.0458. The SMILES string of the molecule is CCN(CCOCCOC)c1ccc(C2C(=O)C(=C3C=CC(=[N+](CC)CCOCCOC)C=C3O)C(=O)C2O)c(O)c1.